The molecule has 5 nitrogen and oxygen atoms in total. The summed E-state index contributed by atoms with van der Waals surface area (Å²) in [5.74, 6) is -0.332. The van der Waals surface area contributed by atoms with E-state index in [0.717, 1.165) is 44.5 Å². The minimum Gasteiger partial charge on any atom is -0.337 e. The second kappa shape index (κ2) is 8.55. The SMILES string of the molecule is CC(C)(C)c1ccc(NC(=O)c2ccnc(C(=O)N3CCCCCC3)c2)cc1. The van der Waals surface area contributed by atoms with E-state index in [4.69, 9.17) is 0 Å². The van der Waals surface area contributed by atoms with Crippen LogP contribution in [0.1, 0.15) is 72.9 Å². The average Bonchev–Trinajstić information content (AvgIpc) is 2.97. The molecule has 1 aromatic heterocycles. The Kier molecular flexibility index (Phi) is 6.12. The van der Waals surface area contributed by atoms with Gasteiger partial charge in [-0.05, 0) is 48.1 Å². The molecule has 0 spiro atoms. The molecule has 2 amide bonds. The van der Waals surface area contributed by atoms with Gasteiger partial charge in [-0.3, -0.25) is 14.6 Å². The van der Waals surface area contributed by atoms with E-state index in [1.807, 2.05) is 29.2 Å². The molecule has 148 valence electrons. The molecule has 2 heterocycles. The molecule has 0 radical (unpaired) electrons. The molecular formula is C23H29N3O2. The normalized spacial score (nSPS) is 15.0. The predicted octanol–water partition coefficient (Wildman–Crippen LogP) is 4.65. The van der Waals surface area contributed by atoms with Gasteiger partial charge in [-0.1, -0.05) is 45.7 Å². The molecule has 0 bridgehead atoms. The zero-order valence-electron chi connectivity index (χ0n) is 17.0. The van der Waals surface area contributed by atoms with Crippen molar-refractivity contribution in [1.29, 1.82) is 0 Å². The first-order chi connectivity index (χ1) is 13.3. The third-order valence-corrected chi connectivity index (χ3v) is 5.14. The van der Waals surface area contributed by atoms with Gasteiger partial charge in [-0.25, -0.2) is 0 Å². The second-order valence-corrected chi connectivity index (χ2v) is 8.42. The van der Waals surface area contributed by atoms with Crippen molar-refractivity contribution in [3.8, 4) is 0 Å². The molecular weight excluding hydrogens is 350 g/mol. The van der Waals surface area contributed by atoms with Gasteiger partial charge in [-0.15, -0.1) is 0 Å². The van der Waals surface area contributed by atoms with Gasteiger partial charge in [0.25, 0.3) is 11.8 Å². The van der Waals surface area contributed by atoms with E-state index in [2.05, 4.69) is 31.1 Å². The van der Waals surface area contributed by atoms with Gasteiger partial charge >= 0.3 is 0 Å². The van der Waals surface area contributed by atoms with Crippen molar-refractivity contribution in [2.75, 3.05) is 18.4 Å². The molecule has 1 aliphatic rings. The van der Waals surface area contributed by atoms with Crippen molar-refractivity contribution in [3.05, 3.63) is 59.4 Å². The standard InChI is InChI=1S/C23H29N3O2/c1-23(2,3)18-8-10-19(11-9-18)25-21(27)17-12-13-24-20(16-17)22(28)26-14-6-4-5-7-15-26/h8-13,16H,4-7,14-15H2,1-3H3,(H,25,27). The summed E-state index contributed by atoms with van der Waals surface area (Å²) in [6.07, 6.45) is 5.90. The number of anilines is 1. The van der Waals surface area contributed by atoms with Crippen molar-refractivity contribution in [1.82, 2.24) is 9.88 Å². The number of nitrogens with one attached hydrogen (secondary N) is 1. The minimum atomic E-state index is -0.240. The van der Waals surface area contributed by atoms with E-state index in [9.17, 15) is 9.59 Å². The molecule has 3 rings (SSSR count). The van der Waals surface area contributed by atoms with E-state index >= 15 is 0 Å². The maximum Gasteiger partial charge on any atom is 0.272 e. The Morgan fingerprint density at radius 3 is 2.21 bits per heavy atom. The van der Waals surface area contributed by atoms with E-state index in [1.165, 1.54) is 11.8 Å². The lowest BCUT2D eigenvalue weighted by Gasteiger charge is -2.20. The van der Waals surface area contributed by atoms with Gasteiger partial charge in [0.05, 0.1) is 0 Å². The number of hydrogen-bond donors (Lipinski definition) is 1. The van der Waals surface area contributed by atoms with E-state index < -0.39 is 0 Å². The third-order valence-electron chi connectivity index (χ3n) is 5.14. The zero-order valence-corrected chi connectivity index (χ0v) is 17.0. The molecule has 1 fully saturated rings. The van der Waals surface area contributed by atoms with Crippen LogP contribution in [0.25, 0.3) is 0 Å². The molecule has 1 aliphatic heterocycles. The van der Waals surface area contributed by atoms with Gasteiger partial charge in [-0.2, -0.15) is 0 Å². The van der Waals surface area contributed by atoms with Crippen LogP contribution in [-0.4, -0.2) is 34.8 Å². The third kappa shape index (κ3) is 4.97. The molecule has 5 heteroatoms. The Hall–Kier alpha value is -2.69. The van der Waals surface area contributed by atoms with Crippen LogP contribution in [0.15, 0.2) is 42.6 Å². The summed E-state index contributed by atoms with van der Waals surface area (Å²) < 4.78 is 0. The predicted molar refractivity (Wildman–Crippen MR) is 112 cm³/mol. The fourth-order valence-electron chi connectivity index (χ4n) is 3.38. The van der Waals surface area contributed by atoms with Gasteiger partial charge in [0.15, 0.2) is 0 Å². The summed E-state index contributed by atoms with van der Waals surface area (Å²) in [7, 11) is 0. The fourth-order valence-corrected chi connectivity index (χ4v) is 3.38. The highest BCUT2D eigenvalue weighted by atomic mass is 16.2. The second-order valence-electron chi connectivity index (χ2n) is 8.42. The Balaban J connectivity index is 1.70. The lowest BCUT2D eigenvalue weighted by molar-refractivity contribution is 0.0755. The molecule has 1 saturated heterocycles. The topological polar surface area (TPSA) is 62.3 Å². The Morgan fingerprint density at radius 1 is 0.964 bits per heavy atom. The van der Waals surface area contributed by atoms with Crippen LogP contribution in [0.3, 0.4) is 0 Å². The molecule has 1 N–H and O–H groups in total. The first-order valence-electron chi connectivity index (χ1n) is 10.0. The lowest BCUT2D eigenvalue weighted by Crippen LogP contribution is -2.32. The van der Waals surface area contributed by atoms with Gasteiger partial charge in [0, 0.05) is 30.5 Å². The van der Waals surface area contributed by atoms with Crippen LogP contribution in [0.2, 0.25) is 0 Å². The smallest absolute Gasteiger partial charge is 0.272 e. The molecule has 0 saturated carbocycles. The number of rotatable bonds is 3. The number of nitrogens with zero attached hydrogens (tertiary/aromatic N) is 2. The molecule has 0 unspecified atom stereocenters. The molecule has 2 aromatic rings. The van der Waals surface area contributed by atoms with Crippen LogP contribution >= 0.6 is 0 Å². The molecule has 0 atom stereocenters. The number of hydrogen-bond acceptors (Lipinski definition) is 3. The van der Waals surface area contributed by atoms with Gasteiger partial charge in [0.2, 0.25) is 0 Å². The highest BCUT2D eigenvalue weighted by molar-refractivity contribution is 6.05. The number of amides is 2. The summed E-state index contributed by atoms with van der Waals surface area (Å²) in [6.45, 7) is 7.98. The van der Waals surface area contributed by atoms with Crippen molar-refractivity contribution in [2.24, 2.45) is 0 Å². The van der Waals surface area contributed by atoms with Crippen LogP contribution in [0.4, 0.5) is 5.69 Å². The number of benzene rings is 1. The van der Waals surface area contributed by atoms with Crippen molar-refractivity contribution in [2.45, 2.75) is 51.9 Å². The van der Waals surface area contributed by atoms with E-state index in [1.54, 1.807) is 12.1 Å². The van der Waals surface area contributed by atoms with Crippen molar-refractivity contribution >= 4 is 17.5 Å². The molecule has 28 heavy (non-hydrogen) atoms. The summed E-state index contributed by atoms with van der Waals surface area (Å²) in [4.78, 5) is 31.4. The number of pyridine rings is 1. The van der Waals surface area contributed by atoms with Crippen LogP contribution in [-0.2, 0) is 5.41 Å². The zero-order chi connectivity index (χ0) is 20.1. The number of carbonyl (C=O) groups excluding carboxylic acids is 2. The van der Waals surface area contributed by atoms with Gasteiger partial charge < -0.3 is 10.2 Å². The van der Waals surface area contributed by atoms with Gasteiger partial charge in [0.1, 0.15) is 5.69 Å². The van der Waals surface area contributed by atoms with Crippen molar-refractivity contribution < 1.29 is 9.59 Å². The summed E-state index contributed by atoms with van der Waals surface area (Å²) in [5, 5.41) is 2.90. The Labute approximate surface area is 167 Å². The fraction of sp³-hybridized carbons (Fsp3) is 0.435. The Bertz CT molecular complexity index is 830. The number of carbonyl (C=O) groups is 2. The number of likely N-dealkylation sites (tertiary alicyclic amines) is 1. The maximum absolute atomic E-state index is 12.7. The first-order valence-corrected chi connectivity index (χ1v) is 10.0. The summed E-state index contributed by atoms with van der Waals surface area (Å²) in [5.41, 5.74) is 2.77. The van der Waals surface area contributed by atoms with Crippen LogP contribution < -0.4 is 5.32 Å². The highest BCUT2D eigenvalue weighted by Gasteiger charge is 2.20. The van der Waals surface area contributed by atoms with Crippen LogP contribution in [0, 0.1) is 0 Å². The summed E-state index contributed by atoms with van der Waals surface area (Å²) >= 11 is 0. The minimum absolute atomic E-state index is 0.0657. The number of aromatic nitrogens is 1. The van der Waals surface area contributed by atoms with Crippen LogP contribution in [0.5, 0.6) is 0 Å². The highest BCUT2D eigenvalue weighted by Crippen LogP contribution is 2.23. The largest absolute Gasteiger partial charge is 0.337 e. The first kappa shape index (κ1) is 20.1. The van der Waals surface area contributed by atoms with E-state index in [-0.39, 0.29) is 17.2 Å². The Morgan fingerprint density at radius 2 is 1.61 bits per heavy atom. The maximum atomic E-state index is 12.7. The monoisotopic (exact) mass is 379 g/mol. The quantitative estimate of drug-likeness (QED) is 0.844. The molecule has 0 aliphatic carbocycles. The average molecular weight is 380 g/mol. The van der Waals surface area contributed by atoms with Crippen molar-refractivity contribution in [3.63, 3.8) is 0 Å². The molecule has 1 aromatic carbocycles. The lowest BCUT2D eigenvalue weighted by atomic mass is 9.87. The summed E-state index contributed by atoms with van der Waals surface area (Å²) in [6, 6.07) is 11.1. The van der Waals surface area contributed by atoms with E-state index in [0.29, 0.717) is 11.3 Å².